The number of H-pyrrole nitrogens is 1. The van der Waals surface area contributed by atoms with E-state index in [2.05, 4.69) is 66.5 Å². The predicted octanol–water partition coefficient (Wildman–Crippen LogP) is 5.62. The molecule has 2 aromatic heterocycles. The lowest BCUT2D eigenvalue weighted by Crippen LogP contribution is -2.26. The van der Waals surface area contributed by atoms with Crippen LogP contribution in [-0.4, -0.2) is 27.9 Å². The summed E-state index contributed by atoms with van der Waals surface area (Å²) in [7, 11) is 2.01. The average molecular weight is 387 g/mol. The Morgan fingerprint density at radius 3 is 2.62 bits per heavy atom. The minimum atomic E-state index is 0.450. The quantitative estimate of drug-likeness (QED) is 0.480. The average Bonchev–Trinajstić information content (AvgIpc) is 3.29. The maximum atomic E-state index is 4.46. The molecule has 5 rings (SSSR count). The van der Waals surface area contributed by atoms with Crippen molar-refractivity contribution < 1.29 is 0 Å². The third-order valence-corrected chi connectivity index (χ3v) is 6.72. The van der Waals surface area contributed by atoms with E-state index >= 15 is 0 Å². The van der Waals surface area contributed by atoms with Crippen LogP contribution in [0, 0.1) is 6.92 Å². The Labute approximate surface area is 172 Å². The van der Waals surface area contributed by atoms with Crippen LogP contribution in [0.25, 0.3) is 33.1 Å². The number of fused-ring (bicyclic) bond motifs is 2. The van der Waals surface area contributed by atoms with Crippen molar-refractivity contribution in [3.63, 3.8) is 0 Å². The number of aromatic amines is 1. The summed E-state index contributed by atoms with van der Waals surface area (Å²) in [4.78, 5) is 3.76. The lowest BCUT2D eigenvalue weighted by Gasteiger charge is -2.23. The maximum absolute atomic E-state index is 4.46. The molecule has 1 saturated heterocycles. The highest BCUT2D eigenvalue weighted by Crippen LogP contribution is 2.40. The third-order valence-electron chi connectivity index (χ3n) is 6.72. The summed E-state index contributed by atoms with van der Waals surface area (Å²) in [5, 5.41) is 10.6. The van der Waals surface area contributed by atoms with Crippen molar-refractivity contribution in [2.45, 2.75) is 45.4 Å². The molecule has 0 atom stereocenters. The first kappa shape index (κ1) is 18.4. The van der Waals surface area contributed by atoms with Gasteiger partial charge in [0.2, 0.25) is 0 Å². The molecule has 4 aromatic rings. The number of piperidine rings is 1. The van der Waals surface area contributed by atoms with Crippen LogP contribution >= 0.6 is 0 Å². The number of nitrogens with one attached hydrogen (secondary N) is 2. The van der Waals surface area contributed by atoms with Gasteiger partial charge in [0.15, 0.2) is 0 Å². The molecule has 0 spiro atoms. The van der Waals surface area contributed by atoms with E-state index in [0.29, 0.717) is 11.8 Å². The third kappa shape index (κ3) is 2.98. The van der Waals surface area contributed by atoms with Crippen molar-refractivity contribution in [2.24, 2.45) is 7.05 Å². The molecule has 0 radical (unpaired) electrons. The normalized spacial score (nSPS) is 15.8. The molecule has 1 fully saturated rings. The highest BCUT2D eigenvalue weighted by molar-refractivity contribution is 5.96. The van der Waals surface area contributed by atoms with Crippen LogP contribution in [0.5, 0.6) is 0 Å². The van der Waals surface area contributed by atoms with Gasteiger partial charge in [0.25, 0.3) is 0 Å². The van der Waals surface area contributed by atoms with Crippen LogP contribution in [-0.2, 0) is 7.05 Å². The van der Waals surface area contributed by atoms with E-state index in [1.54, 1.807) is 0 Å². The second kappa shape index (κ2) is 7.03. The predicted molar refractivity (Wildman–Crippen MR) is 122 cm³/mol. The molecule has 0 amide bonds. The van der Waals surface area contributed by atoms with Gasteiger partial charge in [-0.1, -0.05) is 26.0 Å². The molecular weight excluding hydrogens is 356 g/mol. The summed E-state index contributed by atoms with van der Waals surface area (Å²) in [6.45, 7) is 9.09. The molecule has 4 heteroatoms. The number of benzene rings is 2. The van der Waals surface area contributed by atoms with E-state index in [9.17, 15) is 0 Å². The summed E-state index contributed by atoms with van der Waals surface area (Å²) in [6.07, 6.45) is 4.45. The molecule has 1 aliphatic heterocycles. The van der Waals surface area contributed by atoms with Gasteiger partial charge >= 0.3 is 0 Å². The fourth-order valence-electron chi connectivity index (χ4n) is 5.09. The van der Waals surface area contributed by atoms with Crippen molar-refractivity contribution >= 4 is 21.8 Å². The Balaban J connectivity index is 1.69. The molecule has 0 saturated carbocycles. The minimum absolute atomic E-state index is 0.450. The molecule has 0 bridgehead atoms. The Kier molecular flexibility index (Phi) is 4.47. The lowest BCUT2D eigenvalue weighted by atomic mass is 9.88. The molecular formula is C25H30N4. The van der Waals surface area contributed by atoms with Crippen LogP contribution in [0.15, 0.2) is 36.5 Å². The van der Waals surface area contributed by atoms with Crippen LogP contribution in [0.4, 0.5) is 0 Å². The summed E-state index contributed by atoms with van der Waals surface area (Å²) in [5.74, 6) is 1.12. The van der Waals surface area contributed by atoms with Gasteiger partial charge in [-0.25, -0.2) is 0 Å². The van der Waals surface area contributed by atoms with Gasteiger partial charge in [0.1, 0.15) is 0 Å². The van der Waals surface area contributed by atoms with Crippen molar-refractivity contribution in [3.8, 4) is 11.3 Å². The van der Waals surface area contributed by atoms with Crippen molar-refractivity contribution in [1.29, 1.82) is 0 Å². The number of hydrogen-bond donors (Lipinski definition) is 2. The lowest BCUT2D eigenvalue weighted by molar-refractivity contribution is 0.460. The second-order valence-electron chi connectivity index (χ2n) is 8.84. The van der Waals surface area contributed by atoms with Crippen LogP contribution in [0.1, 0.15) is 55.2 Å². The number of aromatic nitrogens is 3. The van der Waals surface area contributed by atoms with Crippen LogP contribution in [0.2, 0.25) is 0 Å². The van der Waals surface area contributed by atoms with E-state index in [-0.39, 0.29) is 0 Å². The summed E-state index contributed by atoms with van der Waals surface area (Å²) in [5.41, 5.74) is 9.19. The SMILES string of the molecule is Cc1c(-c2[nH]c3ccc(C4CCNCC4)cc3c2C(C)C)ccc2c1cnn2C. The summed E-state index contributed by atoms with van der Waals surface area (Å²) < 4.78 is 1.95. The van der Waals surface area contributed by atoms with Gasteiger partial charge in [0, 0.05) is 28.9 Å². The number of rotatable bonds is 3. The van der Waals surface area contributed by atoms with E-state index in [0.717, 1.165) is 13.1 Å². The zero-order chi connectivity index (χ0) is 20.1. The molecule has 3 heterocycles. The minimum Gasteiger partial charge on any atom is -0.354 e. The molecule has 2 aromatic carbocycles. The van der Waals surface area contributed by atoms with Crippen LogP contribution < -0.4 is 5.32 Å². The van der Waals surface area contributed by atoms with Gasteiger partial charge < -0.3 is 10.3 Å². The molecule has 29 heavy (non-hydrogen) atoms. The van der Waals surface area contributed by atoms with E-state index < -0.39 is 0 Å². The van der Waals surface area contributed by atoms with E-state index in [4.69, 9.17) is 0 Å². The Hall–Kier alpha value is -2.59. The topological polar surface area (TPSA) is 45.6 Å². The zero-order valence-electron chi connectivity index (χ0n) is 17.8. The molecule has 4 nitrogen and oxygen atoms in total. The zero-order valence-corrected chi connectivity index (χ0v) is 17.8. The van der Waals surface area contributed by atoms with Gasteiger partial charge in [-0.3, -0.25) is 4.68 Å². The van der Waals surface area contributed by atoms with Gasteiger partial charge in [0.05, 0.1) is 17.4 Å². The molecule has 1 aliphatic rings. The molecule has 0 aliphatic carbocycles. The fourth-order valence-corrected chi connectivity index (χ4v) is 5.09. The smallest absolute Gasteiger partial charge is 0.0682 e. The largest absolute Gasteiger partial charge is 0.354 e. The maximum Gasteiger partial charge on any atom is 0.0682 e. The number of nitrogens with zero attached hydrogens (tertiary/aromatic N) is 2. The van der Waals surface area contributed by atoms with Crippen molar-refractivity contribution in [2.75, 3.05) is 13.1 Å². The highest BCUT2D eigenvalue weighted by atomic mass is 15.2. The van der Waals surface area contributed by atoms with Gasteiger partial charge in [-0.2, -0.15) is 5.10 Å². The van der Waals surface area contributed by atoms with Gasteiger partial charge in [-0.15, -0.1) is 0 Å². The van der Waals surface area contributed by atoms with Crippen LogP contribution in [0.3, 0.4) is 0 Å². The Bertz CT molecular complexity index is 1190. The first-order valence-electron chi connectivity index (χ1n) is 10.8. The first-order chi connectivity index (χ1) is 14.0. The van der Waals surface area contributed by atoms with Crippen molar-refractivity contribution in [1.82, 2.24) is 20.1 Å². The highest BCUT2D eigenvalue weighted by Gasteiger charge is 2.21. The van der Waals surface area contributed by atoms with Gasteiger partial charge in [-0.05, 0) is 79.6 Å². The Morgan fingerprint density at radius 2 is 1.86 bits per heavy atom. The molecule has 2 N–H and O–H groups in total. The molecule has 150 valence electrons. The summed E-state index contributed by atoms with van der Waals surface area (Å²) in [6, 6.07) is 11.5. The fraction of sp³-hybridized carbons (Fsp3) is 0.400. The summed E-state index contributed by atoms with van der Waals surface area (Å²) >= 11 is 0. The number of aryl methyl sites for hydroxylation is 2. The standard InChI is InChI=1S/C25H30N4/c1-15(2)24-20-13-18(17-9-11-26-12-10-17)5-7-22(20)28-25(24)19-6-8-23-21(16(19)3)14-27-29(23)4/h5-8,13-15,17,26,28H,9-12H2,1-4H3. The molecule has 0 unspecified atom stereocenters. The number of hydrogen-bond acceptors (Lipinski definition) is 2. The first-order valence-corrected chi connectivity index (χ1v) is 10.8. The second-order valence-corrected chi connectivity index (χ2v) is 8.84. The monoisotopic (exact) mass is 386 g/mol. The van der Waals surface area contributed by atoms with Crippen molar-refractivity contribution in [3.05, 3.63) is 53.2 Å². The Morgan fingerprint density at radius 1 is 1.07 bits per heavy atom. The van der Waals surface area contributed by atoms with E-state index in [1.165, 1.54) is 62.6 Å². The van der Waals surface area contributed by atoms with E-state index in [1.807, 2.05) is 17.9 Å².